The molecule has 0 spiro atoms. The minimum Gasteiger partial charge on any atom is -0.474 e. The molecule has 6 nitrogen and oxygen atoms in total. The van der Waals surface area contributed by atoms with Gasteiger partial charge in [-0.25, -0.2) is 4.98 Å². The SMILES string of the molecule is CN=C(NCc1cccnc1OC1CCCC1)NC1CCN(C(C)C)CC1.I. The lowest BCUT2D eigenvalue weighted by Crippen LogP contribution is -2.49. The zero-order valence-electron chi connectivity index (χ0n) is 17.5. The number of pyridine rings is 1. The van der Waals surface area contributed by atoms with Crippen LogP contribution in [0.5, 0.6) is 5.88 Å². The Morgan fingerprint density at radius 2 is 1.96 bits per heavy atom. The monoisotopic (exact) mass is 501 g/mol. The molecule has 0 bridgehead atoms. The highest BCUT2D eigenvalue weighted by molar-refractivity contribution is 14.0. The van der Waals surface area contributed by atoms with Crippen LogP contribution in [-0.4, -0.2) is 54.2 Å². The molecular formula is C21H36IN5O. The molecule has 0 atom stereocenters. The average Bonchev–Trinajstić information content (AvgIpc) is 3.19. The van der Waals surface area contributed by atoms with Crippen molar-refractivity contribution in [2.45, 2.75) is 77.1 Å². The molecule has 2 aliphatic rings. The fourth-order valence-electron chi connectivity index (χ4n) is 3.96. The second kappa shape index (κ2) is 11.8. The Balaban J connectivity index is 0.00000280. The maximum absolute atomic E-state index is 6.14. The summed E-state index contributed by atoms with van der Waals surface area (Å²) >= 11 is 0. The molecule has 2 N–H and O–H groups in total. The molecule has 1 saturated carbocycles. The first-order chi connectivity index (χ1) is 13.2. The summed E-state index contributed by atoms with van der Waals surface area (Å²) in [5.41, 5.74) is 1.09. The van der Waals surface area contributed by atoms with Crippen molar-refractivity contribution in [3.8, 4) is 5.88 Å². The van der Waals surface area contributed by atoms with Gasteiger partial charge in [-0.2, -0.15) is 0 Å². The first kappa shape index (κ1) is 23.2. The van der Waals surface area contributed by atoms with E-state index in [9.17, 15) is 0 Å². The van der Waals surface area contributed by atoms with E-state index in [2.05, 4.69) is 45.4 Å². The van der Waals surface area contributed by atoms with Crippen LogP contribution in [0.2, 0.25) is 0 Å². The lowest BCUT2D eigenvalue weighted by Gasteiger charge is -2.35. The molecule has 1 aromatic heterocycles. The van der Waals surface area contributed by atoms with Crippen LogP contribution in [0, 0.1) is 0 Å². The number of halogens is 1. The molecule has 0 unspecified atom stereocenters. The molecule has 158 valence electrons. The van der Waals surface area contributed by atoms with Gasteiger partial charge in [0.25, 0.3) is 0 Å². The molecule has 1 aliphatic heterocycles. The minimum absolute atomic E-state index is 0. The maximum atomic E-state index is 6.14. The van der Waals surface area contributed by atoms with Crippen molar-refractivity contribution >= 4 is 29.9 Å². The summed E-state index contributed by atoms with van der Waals surface area (Å²) in [6.45, 7) is 7.50. The summed E-state index contributed by atoms with van der Waals surface area (Å²) in [5, 5.41) is 7.02. The van der Waals surface area contributed by atoms with Gasteiger partial charge >= 0.3 is 0 Å². The molecule has 0 amide bonds. The van der Waals surface area contributed by atoms with Crippen LogP contribution >= 0.6 is 24.0 Å². The highest BCUT2D eigenvalue weighted by Crippen LogP contribution is 2.25. The maximum Gasteiger partial charge on any atom is 0.218 e. The smallest absolute Gasteiger partial charge is 0.218 e. The number of hydrogen-bond donors (Lipinski definition) is 2. The first-order valence-electron chi connectivity index (χ1n) is 10.5. The van der Waals surface area contributed by atoms with Crippen LogP contribution in [-0.2, 0) is 6.54 Å². The van der Waals surface area contributed by atoms with Gasteiger partial charge in [-0.3, -0.25) is 4.99 Å². The van der Waals surface area contributed by atoms with Crippen molar-refractivity contribution in [3.63, 3.8) is 0 Å². The number of nitrogens with one attached hydrogen (secondary N) is 2. The van der Waals surface area contributed by atoms with Crippen LogP contribution < -0.4 is 15.4 Å². The second-order valence-corrected chi connectivity index (χ2v) is 7.97. The quantitative estimate of drug-likeness (QED) is 0.355. The van der Waals surface area contributed by atoms with Gasteiger partial charge in [-0.05, 0) is 58.4 Å². The highest BCUT2D eigenvalue weighted by atomic mass is 127. The highest BCUT2D eigenvalue weighted by Gasteiger charge is 2.22. The van der Waals surface area contributed by atoms with Crippen molar-refractivity contribution < 1.29 is 4.74 Å². The standard InChI is InChI=1S/C21H35N5O.HI/c1-16(2)26-13-10-18(11-14-26)25-21(22-3)24-15-17-7-6-12-23-20(17)27-19-8-4-5-9-19;/h6-7,12,16,18-19H,4-5,8-11,13-15H2,1-3H3,(H2,22,24,25);1H. The van der Waals surface area contributed by atoms with E-state index < -0.39 is 0 Å². The average molecular weight is 501 g/mol. The summed E-state index contributed by atoms with van der Waals surface area (Å²) < 4.78 is 6.14. The van der Waals surface area contributed by atoms with Crippen molar-refractivity contribution in [1.82, 2.24) is 20.5 Å². The van der Waals surface area contributed by atoms with Crippen molar-refractivity contribution in [2.75, 3.05) is 20.1 Å². The Hall–Kier alpha value is -1.09. The van der Waals surface area contributed by atoms with Gasteiger partial charge in [0, 0.05) is 50.5 Å². The summed E-state index contributed by atoms with van der Waals surface area (Å²) in [6.07, 6.45) is 9.24. The van der Waals surface area contributed by atoms with Crippen LogP contribution in [0.4, 0.5) is 0 Å². The van der Waals surface area contributed by atoms with E-state index in [0.29, 0.717) is 24.7 Å². The van der Waals surface area contributed by atoms with Crippen molar-refractivity contribution in [2.24, 2.45) is 4.99 Å². The molecule has 7 heteroatoms. The molecular weight excluding hydrogens is 465 g/mol. The van der Waals surface area contributed by atoms with E-state index in [1.54, 1.807) is 0 Å². The van der Waals surface area contributed by atoms with Gasteiger partial charge < -0.3 is 20.3 Å². The van der Waals surface area contributed by atoms with Crippen molar-refractivity contribution in [3.05, 3.63) is 23.9 Å². The van der Waals surface area contributed by atoms with Gasteiger partial charge in [0.05, 0.1) is 0 Å². The summed E-state index contributed by atoms with van der Waals surface area (Å²) in [7, 11) is 1.83. The first-order valence-corrected chi connectivity index (χ1v) is 10.5. The summed E-state index contributed by atoms with van der Waals surface area (Å²) in [6, 6.07) is 5.16. The van der Waals surface area contributed by atoms with Gasteiger partial charge in [0.15, 0.2) is 5.96 Å². The predicted molar refractivity (Wildman–Crippen MR) is 126 cm³/mol. The van der Waals surface area contributed by atoms with Crippen LogP contribution in [0.25, 0.3) is 0 Å². The van der Waals surface area contributed by atoms with E-state index in [1.165, 1.54) is 12.8 Å². The Morgan fingerprint density at radius 3 is 2.61 bits per heavy atom. The zero-order chi connectivity index (χ0) is 19.1. The number of piperidine rings is 1. The van der Waals surface area contributed by atoms with E-state index >= 15 is 0 Å². The number of aromatic nitrogens is 1. The van der Waals surface area contributed by atoms with E-state index in [0.717, 1.165) is 56.2 Å². The number of likely N-dealkylation sites (tertiary alicyclic amines) is 1. The lowest BCUT2D eigenvalue weighted by molar-refractivity contribution is 0.167. The molecule has 1 aromatic rings. The Morgan fingerprint density at radius 1 is 1.25 bits per heavy atom. The van der Waals surface area contributed by atoms with Gasteiger partial charge in [-0.15, -0.1) is 24.0 Å². The number of aliphatic imine (C=N–C) groups is 1. The largest absolute Gasteiger partial charge is 0.474 e. The number of ether oxygens (including phenoxy) is 1. The molecule has 28 heavy (non-hydrogen) atoms. The molecule has 0 aromatic carbocycles. The van der Waals surface area contributed by atoms with Crippen LogP contribution in [0.15, 0.2) is 23.3 Å². The van der Waals surface area contributed by atoms with Gasteiger partial charge in [0.2, 0.25) is 5.88 Å². The number of rotatable bonds is 6. The van der Waals surface area contributed by atoms with E-state index in [-0.39, 0.29) is 24.0 Å². The Kier molecular flexibility index (Phi) is 9.77. The third kappa shape index (κ3) is 6.76. The van der Waals surface area contributed by atoms with E-state index in [4.69, 9.17) is 4.74 Å². The third-order valence-electron chi connectivity index (χ3n) is 5.70. The third-order valence-corrected chi connectivity index (χ3v) is 5.70. The second-order valence-electron chi connectivity index (χ2n) is 7.97. The molecule has 0 radical (unpaired) electrons. The lowest BCUT2D eigenvalue weighted by atomic mass is 10.0. The minimum atomic E-state index is 0. The molecule has 3 rings (SSSR count). The van der Waals surface area contributed by atoms with Crippen molar-refractivity contribution in [1.29, 1.82) is 0 Å². The normalized spacial score (nSPS) is 19.5. The summed E-state index contributed by atoms with van der Waals surface area (Å²) in [4.78, 5) is 11.4. The molecule has 1 aliphatic carbocycles. The van der Waals surface area contributed by atoms with E-state index in [1.807, 2.05) is 19.3 Å². The predicted octanol–water partition coefficient (Wildman–Crippen LogP) is 3.56. The van der Waals surface area contributed by atoms with Gasteiger partial charge in [-0.1, -0.05) is 6.07 Å². The summed E-state index contributed by atoms with van der Waals surface area (Å²) in [5.74, 6) is 1.62. The number of guanidine groups is 1. The molecule has 2 heterocycles. The van der Waals surface area contributed by atoms with Crippen LogP contribution in [0.3, 0.4) is 0 Å². The fraction of sp³-hybridized carbons (Fsp3) is 0.714. The fourth-order valence-corrected chi connectivity index (χ4v) is 3.96. The van der Waals surface area contributed by atoms with Crippen LogP contribution in [0.1, 0.15) is 57.9 Å². The molecule has 2 fully saturated rings. The number of hydrogen-bond acceptors (Lipinski definition) is 4. The Labute approximate surface area is 186 Å². The zero-order valence-corrected chi connectivity index (χ0v) is 19.8. The topological polar surface area (TPSA) is 61.8 Å². The Bertz CT molecular complexity index is 611. The van der Waals surface area contributed by atoms with Gasteiger partial charge in [0.1, 0.15) is 6.10 Å². The molecule has 1 saturated heterocycles. The number of nitrogens with zero attached hydrogens (tertiary/aromatic N) is 3.